The van der Waals surface area contributed by atoms with Crippen LogP contribution in [0.15, 0.2) is 22.2 Å². The molecule has 296 valence electrons. The first-order valence-electron chi connectivity index (χ1n) is 15.8. The van der Waals surface area contributed by atoms with E-state index in [0.29, 0.717) is 0 Å². The van der Waals surface area contributed by atoms with Crippen molar-refractivity contribution in [3.05, 3.63) is 33.4 Å². The van der Waals surface area contributed by atoms with Crippen molar-refractivity contribution in [2.24, 2.45) is 0 Å². The van der Waals surface area contributed by atoms with Gasteiger partial charge in [0.15, 0.2) is 28.4 Å². The molecule has 2 saturated heterocycles. The van der Waals surface area contributed by atoms with Crippen molar-refractivity contribution in [3.63, 3.8) is 0 Å². The number of nitrogens with one attached hydrogen (secondary N) is 2. The second kappa shape index (κ2) is 16.4. The fraction of sp³-hybridized carbons (Fsp3) is 0.615. The van der Waals surface area contributed by atoms with E-state index in [-0.39, 0.29) is 67.3 Å². The number of fused-ring (bicyclic) bond motifs is 2. The van der Waals surface area contributed by atoms with Crippen LogP contribution < -0.4 is 22.6 Å². The number of H-pyrrole nitrogens is 2. The number of aliphatic hydroxyl groups is 1. The number of imidazole rings is 2. The lowest BCUT2D eigenvalue weighted by molar-refractivity contribution is -0.161. The van der Waals surface area contributed by atoms with Crippen LogP contribution in [0.2, 0.25) is 0 Å². The summed E-state index contributed by atoms with van der Waals surface area (Å²) in [5, 5.41) is 10.3. The average molecular weight is 824 g/mol. The molecule has 25 nitrogen and oxygen atoms in total. The van der Waals surface area contributed by atoms with Gasteiger partial charge in [-0.15, -0.1) is 9.42 Å². The predicted octanol–water partition coefficient (Wildman–Crippen LogP) is -2.51. The molecule has 5 unspecified atom stereocenters. The van der Waals surface area contributed by atoms with E-state index in [9.17, 15) is 29.0 Å². The Balaban J connectivity index is 1.32. The fourth-order valence-corrected chi connectivity index (χ4v) is 8.15. The van der Waals surface area contributed by atoms with Gasteiger partial charge in [0, 0.05) is 18.8 Å². The molecule has 4 aromatic rings. The highest BCUT2D eigenvalue weighted by Crippen LogP contribution is 2.52. The second-order valence-electron chi connectivity index (χ2n) is 11.8. The molecule has 0 saturated carbocycles. The standard InChI is InChI=1S/C26H36N10O15P2S/c1-43-3-5-47-25(35-11-29-15-19(35)31-23(27)33-21(15)38)9-46-14(17(25)50-52(40)41)8-49-53(42,54)51-18-13(7-37)45-10-26(18,48-6-4-44-2)36-12-30-16-20(36)32-24(28)34-22(16)39/h11-14,17-18,37H,3-10H2,1-2H3,(H7-,27,28,31,32,33,34,38,39,40,41,42,54)/p+1/t13-,14-,17?,18+,25?,26?,53?/m1/s1. The Kier molecular flexibility index (Phi) is 12.2. The Morgan fingerprint density at radius 2 is 1.43 bits per heavy atom. The number of aromatic nitrogens is 8. The Hall–Kier alpha value is -3.43. The number of hydrogen-bond donors (Lipinski definition) is 7. The van der Waals surface area contributed by atoms with Crippen molar-refractivity contribution in [1.29, 1.82) is 0 Å². The highest BCUT2D eigenvalue weighted by atomic mass is 32.5. The lowest BCUT2D eigenvalue weighted by Gasteiger charge is -2.37. The largest absolute Gasteiger partial charge is 0.695 e. The van der Waals surface area contributed by atoms with E-state index in [1.807, 2.05) is 0 Å². The van der Waals surface area contributed by atoms with E-state index in [0.717, 1.165) is 0 Å². The van der Waals surface area contributed by atoms with Crippen molar-refractivity contribution in [1.82, 2.24) is 39.0 Å². The Labute approximate surface area is 309 Å². The van der Waals surface area contributed by atoms with Crippen LogP contribution in [0.5, 0.6) is 0 Å². The summed E-state index contributed by atoms with van der Waals surface area (Å²) in [6.45, 7) is -6.48. The Morgan fingerprint density at radius 1 is 0.926 bits per heavy atom. The zero-order valence-electron chi connectivity index (χ0n) is 28.5. The second-order valence-corrected chi connectivity index (χ2v) is 15.3. The molecule has 8 atom stereocenters. The minimum atomic E-state index is -4.43. The number of aliphatic hydroxyl groups excluding tert-OH is 1. The third-order valence-electron chi connectivity index (χ3n) is 8.55. The zero-order valence-corrected chi connectivity index (χ0v) is 31.1. The summed E-state index contributed by atoms with van der Waals surface area (Å²) in [4.78, 5) is 68.0. The summed E-state index contributed by atoms with van der Waals surface area (Å²) >= 11 is 5.42. The number of nitrogens with two attached hydrogens (primary N) is 2. The molecule has 9 N–H and O–H groups in total. The van der Waals surface area contributed by atoms with E-state index in [1.54, 1.807) is 0 Å². The van der Waals surface area contributed by atoms with Crippen LogP contribution in [-0.4, -0.2) is 145 Å². The van der Waals surface area contributed by atoms with Gasteiger partial charge in [0.1, 0.15) is 18.3 Å². The molecule has 6 rings (SSSR count). The number of aromatic amines is 2. The molecule has 2 fully saturated rings. The number of anilines is 2. The van der Waals surface area contributed by atoms with Crippen molar-refractivity contribution in [2.45, 2.75) is 35.9 Å². The van der Waals surface area contributed by atoms with Gasteiger partial charge >= 0.3 is 15.0 Å². The van der Waals surface area contributed by atoms with Gasteiger partial charge in [-0.1, -0.05) is 0 Å². The molecule has 0 aromatic carbocycles. The minimum Gasteiger partial charge on any atom is -0.394 e. The topological polar surface area (TPSA) is 340 Å². The Morgan fingerprint density at radius 3 is 1.91 bits per heavy atom. The van der Waals surface area contributed by atoms with Crippen LogP contribution in [0.4, 0.5) is 11.9 Å². The van der Waals surface area contributed by atoms with Gasteiger partial charge in [0.05, 0.1) is 65.5 Å². The van der Waals surface area contributed by atoms with Gasteiger partial charge in [0.25, 0.3) is 11.1 Å². The molecule has 54 heavy (non-hydrogen) atoms. The van der Waals surface area contributed by atoms with E-state index in [1.165, 1.54) is 36.0 Å². The van der Waals surface area contributed by atoms with E-state index in [2.05, 4.69) is 29.9 Å². The molecule has 0 radical (unpaired) electrons. The van der Waals surface area contributed by atoms with E-state index >= 15 is 0 Å². The lowest BCUT2D eigenvalue weighted by Crippen LogP contribution is -2.51. The Bertz CT molecular complexity index is 2150. The van der Waals surface area contributed by atoms with Gasteiger partial charge < -0.3 is 54.4 Å². The maximum Gasteiger partial charge on any atom is 0.695 e. The van der Waals surface area contributed by atoms with Gasteiger partial charge in [-0.3, -0.25) is 33.2 Å². The highest BCUT2D eigenvalue weighted by molar-refractivity contribution is 8.07. The molecule has 2 aliphatic heterocycles. The van der Waals surface area contributed by atoms with Crippen LogP contribution in [-0.2, 0) is 69.8 Å². The molecule has 0 bridgehead atoms. The molecule has 6 heterocycles. The number of hydrogen-bond acceptors (Lipinski definition) is 20. The van der Waals surface area contributed by atoms with Crippen molar-refractivity contribution < 1.29 is 61.5 Å². The van der Waals surface area contributed by atoms with Crippen LogP contribution in [0.3, 0.4) is 0 Å². The molecule has 2 aliphatic rings. The molecule has 0 aliphatic carbocycles. The van der Waals surface area contributed by atoms with Crippen molar-refractivity contribution in [3.8, 4) is 0 Å². The van der Waals surface area contributed by atoms with Gasteiger partial charge in [-0.2, -0.15) is 9.97 Å². The quantitative estimate of drug-likeness (QED) is 0.0402. The lowest BCUT2D eigenvalue weighted by atomic mass is 10.1. The number of nitrogens with zero attached hydrogens (tertiary/aromatic N) is 6. The van der Waals surface area contributed by atoms with E-state index < -0.39 is 81.8 Å². The molecule has 0 amide bonds. The van der Waals surface area contributed by atoms with Crippen LogP contribution >= 0.6 is 15.0 Å². The summed E-state index contributed by atoms with van der Waals surface area (Å²) in [6, 6.07) is 0. The molecule has 0 spiro atoms. The SMILES string of the molecule is COCCOC1(n2cnc3c(=O)[nH]c(N)nc32)CO[C@H](COP(O)(=S)O[C@H]2[C@@H](CO)OCC2(OCCOC)n2cnc3c(=O)[nH]c(N)nc32)C1O[P+](=O)O. The first-order valence-corrected chi connectivity index (χ1v) is 19.6. The van der Waals surface area contributed by atoms with Gasteiger partial charge in [0.2, 0.25) is 23.3 Å². The van der Waals surface area contributed by atoms with E-state index in [4.69, 9.17) is 65.3 Å². The monoisotopic (exact) mass is 823 g/mol. The third kappa shape index (κ3) is 7.69. The zero-order chi connectivity index (χ0) is 38.8. The van der Waals surface area contributed by atoms with Crippen LogP contribution in [0, 0.1) is 0 Å². The molecular weight excluding hydrogens is 786 g/mol. The van der Waals surface area contributed by atoms with Gasteiger partial charge in [-0.25, -0.2) is 9.97 Å². The minimum absolute atomic E-state index is 0.0378. The first-order chi connectivity index (χ1) is 25.8. The average Bonchev–Trinajstić information content (AvgIpc) is 3.89. The maximum absolute atomic E-state index is 12.6. The predicted molar refractivity (Wildman–Crippen MR) is 185 cm³/mol. The summed E-state index contributed by atoms with van der Waals surface area (Å²) in [6.07, 6.45) is -3.02. The molecule has 4 aromatic heterocycles. The third-order valence-corrected chi connectivity index (χ3v) is 10.5. The molecular formula is C26H37N10O15P2S+. The summed E-state index contributed by atoms with van der Waals surface area (Å²) < 4.78 is 66.5. The number of methoxy groups -OCH3 is 2. The normalized spacial score (nSPS) is 27.2. The van der Waals surface area contributed by atoms with Crippen molar-refractivity contribution in [2.75, 3.05) is 78.5 Å². The van der Waals surface area contributed by atoms with Crippen LogP contribution in [0.25, 0.3) is 22.3 Å². The van der Waals surface area contributed by atoms with Crippen LogP contribution in [0.1, 0.15) is 0 Å². The molecule has 28 heteroatoms. The fourth-order valence-electron chi connectivity index (χ4n) is 6.21. The summed E-state index contributed by atoms with van der Waals surface area (Å²) in [5.41, 5.74) is 6.36. The highest BCUT2D eigenvalue weighted by Gasteiger charge is 2.60. The number of rotatable bonds is 18. The maximum atomic E-state index is 12.6. The summed E-state index contributed by atoms with van der Waals surface area (Å²) in [5.74, 6) is -0.486. The van der Waals surface area contributed by atoms with Gasteiger partial charge in [-0.05, 0) is 11.8 Å². The first kappa shape index (κ1) is 40.2. The summed E-state index contributed by atoms with van der Waals surface area (Å²) in [7, 11) is -0.475. The smallest absolute Gasteiger partial charge is 0.394 e. The number of ether oxygens (including phenoxy) is 6. The number of nitrogen functional groups attached to an aromatic ring is 2. The van der Waals surface area contributed by atoms with Crippen molar-refractivity contribution >= 4 is 61.0 Å².